The third-order valence-electron chi connectivity index (χ3n) is 4.20. The molecular weight excluding hydrogens is 312 g/mol. The number of carbonyl (C=O) groups excluding carboxylic acids is 1. The molecule has 0 amide bonds. The Morgan fingerprint density at radius 2 is 1.52 bits per heavy atom. The Kier molecular flexibility index (Phi) is 3.65. The van der Waals surface area contributed by atoms with E-state index in [0.29, 0.717) is 5.75 Å². The van der Waals surface area contributed by atoms with Crippen LogP contribution in [0.5, 0.6) is 5.75 Å². The fourth-order valence-corrected chi connectivity index (χ4v) is 3.14. The number of fused-ring (bicyclic) bond motifs is 3. The Balaban J connectivity index is 1.91. The van der Waals surface area contributed by atoms with Crippen LogP contribution in [0.15, 0.2) is 66.7 Å². The normalized spacial score (nSPS) is 11.0. The number of carbonyl (C=O) groups is 1. The van der Waals surface area contributed by atoms with Crippen molar-refractivity contribution in [2.24, 2.45) is 0 Å². The molecule has 3 aromatic carbocycles. The average molecular weight is 330 g/mol. The van der Waals surface area contributed by atoms with Gasteiger partial charge in [0.25, 0.3) is 0 Å². The molecule has 0 aliphatic heterocycles. The van der Waals surface area contributed by atoms with Crippen molar-refractivity contribution in [2.45, 2.75) is 13.8 Å². The fourth-order valence-electron chi connectivity index (χ4n) is 3.14. The number of rotatable bonds is 3. The molecule has 0 unspecified atom stereocenters. The summed E-state index contributed by atoms with van der Waals surface area (Å²) in [5.74, 6) is 0.175. The lowest BCUT2D eigenvalue weighted by Gasteiger charge is -2.15. The molecule has 0 aliphatic rings. The van der Waals surface area contributed by atoms with Gasteiger partial charge in [-0.25, -0.2) is 0 Å². The van der Waals surface area contributed by atoms with E-state index in [1.165, 1.54) is 17.7 Å². The van der Waals surface area contributed by atoms with Gasteiger partial charge in [0.15, 0.2) is 5.75 Å². The maximum Gasteiger partial charge on any atom is 0.308 e. The molecule has 0 aliphatic carbocycles. The lowest BCUT2D eigenvalue weighted by atomic mass is 10.2. The van der Waals surface area contributed by atoms with Crippen molar-refractivity contribution in [3.05, 3.63) is 72.3 Å². The van der Waals surface area contributed by atoms with E-state index in [2.05, 4.69) is 29.7 Å². The lowest BCUT2D eigenvalue weighted by Crippen LogP contribution is -2.11. The number of nitrogens with zero attached hydrogens (tertiary/aromatic N) is 1. The summed E-state index contributed by atoms with van der Waals surface area (Å²) in [6, 6.07) is 22.2. The molecule has 0 saturated heterocycles. The number of nitrogens with one attached hydrogen (secondary N) is 1. The van der Waals surface area contributed by atoms with Gasteiger partial charge in [0.2, 0.25) is 0 Å². The second-order valence-electron chi connectivity index (χ2n) is 6.07. The van der Waals surface area contributed by atoms with Gasteiger partial charge in [-0.15, -0.1) is 0 Å². The van der Waals surface area contributed by atoms with Crippen LogP contribution < -0.4 is 10.2 Å². The molecule has 0 radical (unpaired) electrons. The highest BCUT2D eigenvalue weighted by molar-refractivity contribution is 6.08. The van der Waals surface area contributed by atoms with Gasteiger partial charge in [-0.05, 0) is 36.8 Å². The number of anilines is 1. The lowest BCUT2D eigenvalue weighted by molar-refractivity contribution is -0.131. The summed E-state index contributed by atoms with van der Waals surface area (Å²) >= 11 is 0. The Bertz CT molecular complexity index is 1040. The number of aryl methyl sites for hydroxylation is 1. The summed E-state index contributed by atoms with van der Waals surface area (Å²) in [5, 5.41) is 2.35. The van der Waals surface area contributed by atoms with Crippen molar-refractivity contribution in [3.8, 4) is 5.75 Å². The zero-order valence-corrected chi connectivity index (χ0v) is 14.1. The summed E-state index contributed by atoms with van der Waals surface area (Å²) < 4.78 is 7.39. The minimum Gasteiger partial charge on any atom is -0.424 e. The predicted octanol–water partition coefficient (Wildman–Crippen LogP) is 4.90. The maximum atomic E-state index is 11.4. The zero-order chi connectivity index (χ0) is 17.4. The third-order valence-corrected chi connectivity index (χ3v) is 4.20. The molecule has 1 heterocycles. The van der Waals surface area contributed by atoms with Crippen LogP contribution in [0.2, 0.25) is 0 Å². The second-order valence-corrected chi connectivity index (χ2v) is 6.07. The van der Waals surface area contributed by atoms with Crippen LogP contribution in [0.4, 0.5) is 5.69 Å². The molecule has 0 spiro atoms. The van der Waals surface area contributed by atoms with Gasteiger partial charge in [0, 0.05) is 17.7 Å². The monoisotopic (exact) mass is 330 g/mol. The number of benzene rings is 3. The van der Waals surface area contributed by atoms with Gasteiger partial charge in [-0.3, -0.25) is 14.9 Å². The quantitative estimate of drug-likeness (QED) is 0.429. The van der Waals surface area contributed by atoms with E-state index in [4.69, 9.17) is 4.74 Å². The number of aromatic nitrogens is 1. The van der Waals surface area contributed by atoms with E-state index >= 15 is 0 Å². The van der Waals surface area contributed by atoms with Crippen LogP contribution in [-0.2, 0) is 4.79 Å². The zero-order valence-electron chi connectivity index (χ0n) is 14.1. The van der Waals surface area contributed by atoms with Crippen LogP contribution >= 0.6 is 0 Å². The Labute approximate surface area is 145 Å². The minimum absolute atomic E-state index is 0.339. The molecule has 4 aromatic rings. The van der Waals surface area contributed by atoms with E-state index in [1.807, 2.05) is 54.1 Å². The maximum absolute atomic E-state index is 11.4. The van der Waals surface area contributed by atoms with Crippen molar-refractivity contribution in [2.75, 3.05) is 5.43 Å². The van der Waals surface area contributed by atoms with Crippen LogP contribution in [0.3, 0.4) is 0 Å². The van der Waals surface area contributed by atoms with Crippen molar-refractivity contribution in [3.63, 3.8) is 0 Å². The number of ether oxygens (including phenoxy) is 1. The van der Waals surface area contributed by atoms with Crippen LogP contribution in [0.1, 0.15) is 12.5 Å². The highest BCUT2D eigenvalue weighted by Crippen LogP contribution is 2.31. The van der Waals surface area contributed by atoms with Gasteiger partial charge in [0.1, 0.15) is 0 Å². The molecule has 4 rings (SSSR count). The van der Waals surface area contributed by atoms with Gasteiger partial charge in [-0.2, -0.15) is 0 Å². The highest BCUT2D eigenvalue weighted by Gasteiger charge is 2.12. The Morgan fingerprint density at radius 1 is 0.920 bits per heavy atom. The van der Waals surface area contributed by atoms with Crippen LogP contribution in [-0.4, -0.2) is 10.6 Å². The third kappa shape index (κ3) is 2.72. The smallest absolute Gasteiger partial charge is 0.308 e. The molecule has 0 fully saturated rings. The first-order valence-corrected chi connectivity index (χ1v) is 8.18. The van der Waals surface area contributed by atoms with E-state index < -0.39 is 0 Å². The number of hydrogen-bond donors (Lipinski definition) is 1. The highest BCUT2D eigenvalue weighted by atomic mass is 16.5. The molecule has 1 aromatic heterocycles. The largest absolute Gasteiger partial charge is 0.424 e. The standard InChI is InChI=1S/C21H18N2O2/c1-14-11-12-21(25-15(2)24)18(13-14)22-23-19-9-5-3-7-16(19)17-8-4-6-10-20(17)23/h3-13,22H,1-2H3. The van der Waals surface area contributed by atoms with Crippen molar-refractivity contribution in [1.82, 2.24) is 4.68 Å². The van der Waals surface area contributed by atoms with Gasteiger partial charge >= 0.3 is 5.97 Å². The molecule has 4 heteroatoms. The topological polar surface area (TPSA) is 43.3 Å². The van der Waals surface area contributed by atoms with Crippen molar-refractivity contribution in [1.29, 1.82) is 0 Å². The van der Waals surface area contributed by atoms with E-state index in [-0.39, 0.29) is 5.97 Å². The number of para-hydroxylation sites is 2. The Hall–Kier alpha value is -3.27. The van der Waals surface area contributed by atoms with Crippen molar-refractivity contribution < 1.29 is 9.53 Å². The van der Waals surface area contributed by atoms with Gasteiger partial charge in [-0.1, -0.05) is 42.5 Å². The first-order valence-electron chi connectivity index (χ1n) is 8.18. The minimum atomic E-state index is -0.339. The summed E-state index contributed by atoms with van der Waals surface area (Å²) in [6.45, 7) is 3.42. The Morgan fingerprint density at radius 3 is 2.12 bits per heavy atom. The molecule has 1 N–H and O–H groups in total. The summed E-state index contributed by atoms with van der Waals surface area (Å²) in [4.78, 5) is 11.4. The number of hydrogen-bond acceptors (Lipinski definition) is 3. The fraction of sp³-hybridized carbons (Fsp3) is 0.0952. The average Bonchev–Trinajstić information content (AvgIpc) is 2.92. The first kappa shape index (κ1) is 15.3. The van der Waals surface area contributed by atoms with Crippen molar-refractivity contribution >= 4 is 33.5 Å². The van der Waals surface area contributed by atoms with E-state index in [1.54, 1.807) is 0 Å². The summed E-state index contributed by atoms with van der Waals surface area (Å²) in [5.41, 5.74) is 7.40. The predicted molar refractivity (Wildman–Crippen MR) is 101 cm³/mol. The van der Waals surface area contributed by atoms with Crippen LogP contribution in [0, 0.1) is 6.92 Å². The van der Waals surface area contributed by atoms with Gasteiger partial charge < -0.3 is 4.74 Å². The molecule has 0 saturated carbocycles. The van der Waals surface area contributed by atoms with Crippen LogP contribution in [0.25, 0.3) is 21.8 Å². The first-order chi connectivity index (χ1) is 12.1. The number of esters is 1. The second kappa shape index (κ2) is 5.98. The molecule has 25 heavy (non-hydrogen) atoms. The molecule has 0 bridgehead atoms. The van der Waals surface area contributed by atoms with E-state index in [9.17, 15) is 4.79 Å². The van der Waals surface area contributed by atoms with Gasteiger partial charge in [0.05, 0.1) is 16.7 Å². The molecule has 0 atom stereocenters. The summed E-state index contributed by atoms with van der Waals surface area (Å²) in [7, 11) is 0. The molecule has 4 nitrogen and oxygen atoms in total. The van der Waals surface area contributed by atoms with E-state index in [0.717, 1.165) is 22.3 Å². The summed E-state index contributed by atoms with van der Waals surface area (Å²) in [6.07, 6.45) is 0. The SMILES string of the molecule is CC(=O)Oc1ccc(C)cc1Nn1c2ccccc2c2ccccc21. The molecule has 124 valence electrons. The molecular formula is C21H18N2O2.